The number of rotatable bonds is 4. The lowest BCUT2D eigenvalue weighted by atomic mass is 10.2. The van der Waals surface area contributed by atoms with Crippen LogP contribution >= 0.6 is 27.3 Å². The van der Waals surface area contributed by atoms with Gasteiger partial charge in [-0.1, -0.05) is 22.9 Å². The molecule has 0 aliphatic heterocycles. The van der Waals surface area contributed by atoms with E-state index in [9.17, 15) is 4.79 Å². The van der Waals surface area contributed by atoms with Crippen LogP contribution in [-0.4, -0.2) is 17.3 Å². The third-order valence-electron chi connectivity index (χ3n) is 1.94. The highest BCUT2D eigenvalue weighted by atomic mass is 79.9. The molecule has 1 heterocycles. The predicted octanol–water partition coefficient (Wildman–Crippen LogP) is 2.82. The Balaban J connectivity index is 2.69. The van der Waals surface area contributed by atoms with Crippen LogP contribution in [0.25, 0.3) is 0 Å². The van der Waals surface area contributed by atoms with E-state index < -0.39 is 0 Å². The van der Waals surface area contributed by atoms with E-state index in [1.807, 2.05) is 18.4 Å². The highest BCUT2D eigenvalue weighted by molar-refractivity contribution is 9.09. The zero-order chi connectivity index (χ0) is 10.6. The van der Waals surface area contributed by atoms with Crippen molar-refractivity contribution < 1.29 is 4.79 Å². The SMILES string of the molecule is CCc1ccsc1C(=O)NC(C)CBr. The van der Waals surface area contributed by atoms with E-state index in [0.717, 1.165) is 22.2 Å². The van der Waals surface area contributed by atoms with Crippen molar-refractivity contribution in [1.82, 2.24) is 5.32 Å². The molecule has 0 saturated carbocycles. The molecular weight excluding hydrogens is 262 g/mol. The maximum atomic E-state index is 11.7. The molecule has 2 nitrogen and oxygen atoms in total. The van der Waals surface area contributed by atoms with Crippen molar-refractivity contribution in [2.75, 3.05) is 5.33 Å². The fraction of sp³-hybridized carbons (Fsp3) is 0.500. The summed E-state index contributed by atoms with van der Waals surface area (Å²) in [5.41, 5.74) is 1.13. The van der Waals surface area contributed by atoms with E-state index >= 15 is 0 Å². The van der Waals surface area contributed by atoms with Crippen molar-refractivity contribution in [3.63, 3.8) is 0 Å². The summed E-state index contributed by atoms with van der Waals surface area (Å²) in [6.45, 7) is 4.04. The maximum absolute atomic E-state index is 11.7. The van der Waals surface area contributed by atoms with Gasteiger partial charge in [0.1, 0.15) is 0 Å². The van der Waals surface area contributed by atoms with Crippen molar-refractivity contribution in [2.24, 2.45) is 0 Å². The Labute approximate surface area is 96.8 Å². The van der Waals surface area contributed by atoms with Gasteiger partial charge in [-0.3, -0.25) is 4.79 Å². The van der Waals surface area contributed by atoms with Crippen molar-refractivity contribution in [2.45, 2.75) is 26.3 Å². The van der Waals surface area contributed by atoms with Crippen LogP contribution in [0.3, 0.4) is 0 Å². The highest BCUT2D eigenvalue weighted by Crippen LogP contribution is 2.17. The summed E-state index contributed by atoms with van der Waals surface area (Å²) in [4.78, 5) is 12.6. The molecule has 0 aliphatic rings. The highest BCUT2D eigenvalue weighted by Gasteiger charge is 2.13. The second kappa shape index (κ2) is 5.51. The summed E-state index contributed by atoms with van der Waals surface area (Å²) in [6, 6.07) is 2.19. The van der Waals surface area contributed by atoms with Gasteiger partial charge in [0.25, 0.3) is 5.91 Å². The minimum absolute atomic E-state index is 0.0452. The lowest BCUT2D eigenvalue weighted by Gasteiger charge is -2.10. The fourth-order valence-electron chi connectivity index (χ4n) is 1.14. The molecule has 1 aromatic rings. The Bertz CT molecular complexity index is 311. The van der Waals surface area contributed by atoms with Crippen molar-refractivity contribution in [3.05, 3.63) is 21.9 Å². The number of halogens is 1. The Kier molecular flexibility index (Phi) is 4.62. The first kappa shape index (κ1) is 11.7. The molecule has 14 heavy (non-hydrogen) atoms. The fourth-order valence-corrected chi connectivity index (χ4v) is 2.20. The zero-order valence-corrected chi connectivity index (χ0v) is 10.7. The van der Waals surface area contributed by atoms with E-state index in [1.165, 1.54) is 11.3 Å². The van der Waals surface area contributed by atoms with Gasteiger partial charge in [-0.15, -0.1) is 11.3 Å². The number of nitrogens with one attached hydrogen (secondary N) is 1. The molecule has 1 unspecified atom stereocenters. The number of hydrogen-bond donors (Lipinski definition) is 1. The average molecular weight is 276 g/mol. The molecule has 0 spiro atoms. The summed E-state index contributed by atoms with van der Waals surface area (Å²) >= 11 is 4.84. The molecule has 4 heteroatoms. The predicted molar refractivity (Wildman–Crippen MR) is 64.4 cm³/mol. The van der Waals surface area contributed by atoms with E-state index in [4.69, 9.17) is 0 Å². The van der Waals surface area contributed by atoms with Crippen molar-refractivity contribution in [1.29, 1.82) is 0 Å². The number of thiophene rings is 1. The number of hydrogen-bond acceptors (Lipinski definition) is 2. The summed E-state index contributed by atoms with van der Waals surface area (Å²) in [5.74, 6) is 0.0452. The number of alkyl halides is 1. The molecule has 0 bridgehead atoms. The Morgan fingerprint density at radius 3 is 3.00 bits per heavy atom. The van der Waals surface area contributed by atoms with Gasteiger partial charge in [-0.2, -0.15) is 0 Å². The molecule has 1 N–H and O–H groups in total. The van der Waals surface area contributed by atoms with Gasteiger partial charge in [0.15, 0.2) is 0 Å². The van der Waals surface area contributed by atoms with Crippen LogP contribution in [0.5, 0.6) is 0 Å². The van der Waals surface area contributed by atoms with Crippen molar-refractivity contribution in [3.8, 4) is 0 Å². The second-order valence-corrected chi connectivity index (χ2v) is 4.72. The van der Waals surface area contributed by atoms with E-state index in [2.05, 4.69) is 28.2 Å². The van der Waals surface area contributed by atoms with Crippen LogP contribution in [0.15, 0.2) is 11.4 Å². The minimum atomic E-state index is 0.0452. The number of aryl methyl sites for hydroxylation is 1. The Hall–Kier alpha value is -0.350. The number of carbonyl (C=O) groups is 1. The van der Waals surface area contributed by atoms with Crippen LogP contribution in [0.2, 0.25) is 0 Å². The lowest BCUT2D eigenvalue weighted by molar-refractivity contribution is 0.0947. The van der Waals surface area contributed by atoms with Crippen LogP contribution < -0.4 is 5.32 Å². The lowest BCUT2D eigenvalue weighted by Crippen LogP contribution is -2.33. The molecule has 1 atom stereocenters. The molecule has 1 amide bonds. The van der Waals surface area contributed by atoms with E-state index in [1.54, 1.807) is 0 Å². The normalized spacial score (nSPS) is 12.5. The first-order chi connectivity index (χ1) is 6.69. The van der Waals surface area contributed by atoms with Gasteiger partial charge in [0.05, 0.1) is 4.88 Å². The third-order valence-corrected chi connectivity index (χ3v) is 3.87. The van der Waals surface area contributed by atoms with E-state index in [0.29, 0.717) is 0 Å². The molecule has 0 fully saturated rings. The largest absolute Gasteiger partial charge is 0.348 e. The van der Waals surface area contributed by atoms with Crippen LogP contribution in [0, 0.1) is 0 Å². The van der Waals surface area contributed by atoms with Gasteiger partial charge < -0.3 is 5.32 Å². The molecule has 1 aromatic heterocycles. The Morgan fingerprint density at radius 1 is 1.71 bits per heavy atom. The van der Waals surface area contributed by atoms with Crippen molar-refractivity contribution >= 4 is 33.2 Å². The number of carbonyl (C=O) groups excluding carboxylic acids is 1. The van der Waals surface area contributed by atoms with Gasteiger partial charge in [0.2, 0.25) is 0 Å². The monoisotopic (exact) mass is 275 g/mol. The van der Waals surface area contributed by atoms with Gasteiger partial charge in [-0.05, 0) is 30.4 Å². The summed E-state index contributed by atoms with van der Waals surface area (Å²) in [7, 11) is 0. The van der Waals surface area contributed by atoms with Crippen LogP contribution in [0.4, 0.5) is 0 Å². The maximum Gasteiger partial charge on any atom is 0.261 e. The Morgan fingerprint density at radius 2 is 2.43 bits per heavy atom. The third kappa shape index (κ3) is 2.82. The quantitative estimate of drug-likeness (QED) is 0.842. The van der Waals surface area contributed by atoms with Crippen LogP contribution in [-0.2, 0) is 6.42 Å². The molecule has 1 rings (SSSR count). The van der Waals surface area contributed by atoms with E-state index in [-0.39, 0.29) is 11.9 Å². The standard InChI is InChI=1S/C10H14BrNOS/c1-3-8-4-5-14-9(8)10(13)12-7(2)6-11/h4-5,7H,3,6H2,1-2H3,(H,12,13). The molecular formula is C10H14BrNOS. The van der Waals surface area contributed by atoms with Crippen LogP contribution in [0.1, 0.15) is 29.1 Å². The molecule has 0 aromatic carbocycles. The number of amides is 1. The van der Waals surface area contributed by atoms with Gasteiger partial charge in [-0.25, -0.2) is 0 Å². The average Bonchev–Trinajstić information content (AvgIpc) is 2.65. The zero-order valence-electron chi connectivity index (χ0n) is 8.34. The summed E-state index contributed by atoms with van der Waals surface area (Å²) in [6.07, 6.45) is 0.912. The molecule has 0 radical (unpaired) electrons. The topological polar surface area (TPSA) is 29.1 Å². The molecule has 0 saturated heterocycles. The first-order valence-corrected chi connectivity index (χ1v) is 6.62. The summed E-state index contributed by atoms with van der Waals surface area (Å²) < 4.78 is 0. The molecule has 0 aliphatic carbocycles. The van der Waals surface area contributed by atoms with Gasteiger partial charge >= 0.3 is 0 Å². The summed E-state index contributed by atoms with van der Waals surface area (Å²) in [5, 5.41) is 5.68. The van der Waals surface area contributed by atoms with Gasteiger partial charge in [0, 0.05) is 11.4 Å². The second-order valence-electron chi connectivity index (χ2n) is 3.16. The molecule has 78 valence electrons. The first-order valence-electron chi connectivity index (χ1n) is 4.62. The minimum Gasteiger partial charge on any atom is -0.348 e. The smallest absolute Gasteiger partial charge is 0.261 e.